The van der Waals surface area contributed by atoms with Crippen molar-refractivity contribution in [2.24, 2.45) is 0 Å². The average molecular weight is 283 g/mol. The second kappa shape index (κ2) is 4.59. The highest BCUT2D eigenvalue weighted by atomic mass is 35.6. The molecule has 0 saturated carbocycles. The van der Waals surface area contributed by atoms with Crippen LogP contribution in [0.5, 0.6) is 0 Å². The number of halogens is 3. The summed E-state index contributed by atoms with van der Waals surface area (Å²) in [6, 6.07) is 1.67. The van der Waals surface area contributed by atoms with Crippen molar-refractivity contribution in [3.8, 4) is 0 Å². The maximum absolute atomic E-state index is 11.7. The lowest BCUT2D eigenvalue weighted by molar-refractivity contribution is 0.0996. The lowest BCUT2D eigenvalue weighted by atomic mass is 10.0. The molecule has 0 unspecified atom stereocenters. The molecule has 0 saturated heterocycles. The largest absolute Gasteiger partial charge is 0.348 e. The van der Waals surface area contributed by atoms with Crippen molar-refractivity contribution >= 4 is 40.6 Å². The number of nitrogens with zero attached hydrogens (tertiary/aromatic N) is 1. The molecule has 0 spiro atoms. The minimum absolute atomic E-state index is 0.0495. The van der Waals surface area contributed by atoms with Gasteiger partial charge in [0.25, 0.3) is 3.79 Å². The van der Waals surface area contributed by atoms with Gasteiger partial charge in [0.15, 0.2) is 0 Å². The summed E-state index contributed by atoms with van der Waals surface area (Å²) in [6.45, 7) is 6.24. The molecular weight excluding hydrogens is 268 g/mol. The number of aromatic nitrogens is 1. The third kappa shape index (κ3) is 2.93. The molecule has 0 aliphatic carbocycles. The van der Waals surface area contributed by atoms with Crippen LogP contribution in [0.1, 0.15) is 37.6 Å². The summed E-state index contributed by atoms with van der Waals surface area (Å²) in [7, 11) is 0. The normalized spacial score (nSPS) is 12.9. The van der Waals surface area contributed by atoms with Crippen molar-refractivity contribution in [3.63, 3.8) is 0 Å². The van der Waals surface area contributed by atoms with Gasteiger partial charge in [-0.3, -0.25) is 4.79 Å². The van der Waals surface area contributed by atoms with Crippen LogP contribution in [0.15, 0.2) is 18.5 Å². The van der Waals surface area contributed by atoms with E-state index >= 15 is 0 Å². The molecule has 0 bridgehead atoms. The Hall–Kier alpha value is -0.180. The molecule has 0 atom stereocenters. The quantitative estimate of drug-likeness (QED) is 0.602. The molecule has 0 N–H and O–H groups in total. The number of carbonyl (C=O) groups is 1. The van der Waals surface area contributed by atoms with Crippen molar-refractivity contribution in [2.75, 3.05) is 0 Å². The van der Waals surface area contributed by atoms with E-state index in [-0.39, 0.29) is 5.54 Å². The van der Waals surface area contributed by atoms with Crippen molar-refractivity contribution in [1.82, 2.24) is 4.57 Å². The van der Waals surface area contributed by atoms with Gasteiger partial charge in [-0.1, -0.05) is 41.7 Å². The molecule has 0 radical (unpaired) electrons. The number of hydrogen-bond acceptors (Lipinski definition) is 1. The number of ketones is 1. The van der Waals surface area contributed by atoms with Crippen LogP contribution in [0, 0.1) is 0 Å². The third-order valence-electron chi connectivity index (χ3n) is 2.78. The maximum Gasteiger partial charge on any atom is 0.253 e. The van der Waals surface area contributed by atoms with Crippen molar-refractivity contribution < 1.29 is 4.79 Å². The van der Waals surface area contributed by atoms with Crippen molar-refractivity contribution in [3.05, 3.63) is 24.0 Å². The van der Waals surface area contributed by atoms with E-state index in [4.69, 9.17) is 34.8 Å². The van der Waals surface area contributed by atoms with E-state index in [1.54, 1.807) is 12.3 Å². The van der Waals surface area contributed by atoms with E-state index in [2.05, 4.69) is 20.8 Å². The zero-order valence-corrected chi connectivity index (χ0v) is 11.7. The second-order valence-electron chi connectivity index (χ2n) is 4.30. The van der Waals surface area contributed by atoms with Gasteiger partial charge >= 0.3 is 0 Å². The van der Waals surface area contributed by atoms with Gasteiger partial charge in [-0.25, -0.2) is 0 Å². The maximum atomic E-state index is 11.7. The molecule has 1 heterocycles. The monoisotopic (exact) mass is 281 g/mol. The zero-order chi connectivity index (χ0) is 12.6. The number of Topliss-reactive ketones (excluding diaryl/α,β-unsaturated/α-hetero) is 1. The highest BCUT2D eigenvalue weighted by molar-refractivity contribution is 6.77. The summed E-state index contributed by atoms with van der Waals surface area (Å²) in [5.74, 6) is -0.497. The standard InChI is InChI=1S/C11H14Cl3NO/c1-4-10(2,3)15-6-5-8(7-15)9(16)11(12,13)14/h5-7H,4H2,1-3H3. The second-order valence-corrected chi connectivity index (χ2v) is 6.58. The summed E-state index contributed by atoms with van der Waals surface area (Å²) >= 11 is 16.6. The number of rotatable bonds is 3. The predicted octanol–water partition coefficient (Wildman–Crippen LogP) is 4.19. The predicted molar refractivity (Wildman–Crippen MR) is 68.7 cm³/mol. The fourth-order valence-electron chi connectivity index (χ4n) is 1.25. The molecule has 0 aliphatic heterocycles. The summed E-state index contributed by atoms with van der Waals surface area (Å²) in [4.78, 5) is 11.7. The first-order valence-corrected chi connectivity index (χ1v) is 6.12. The van der Waals surface area contributed by atoms with E-state index in [0.29, 0.717) is 5.56 Å². The Morgan fingerprint density at radius 3 is 2.38 bits per heavy atom. The van der Waals surface area contributed by atoms with E-state index in [1.165, 1.54) is 0 Å². The smallest absolute Gasteiger partial charge is 0.253 e. The number of carbonyl (C=O) groups excluding carboxylic acids is 1. The fourth-order valence-corrected chi connectivity index (χ4v) is 1.58. The summed E-state index contributed by atoms with van der Waals surface area (Å²) in [6.07, 6.45) is 4.49. The first-order chi connectivity index (χ1) is 7.18. The van der Waals surface area contributed by atoms with E-state index in [1.807, 2.05) is 10.8 Å². The Morgan fingerprint density at radius 1 is 1.38 bits per heavy atom. The van der Waals surface area contributed by atoms with E-state index in [0.717, 1.165) is 6.42 Å². The molecule has 1 aromatic heterocycles. The van der Waals surface area contributed by atoms with Crippen LogP contribution >= 0.6 is 34.8 Å². The van der Waals surface area contributed by atoms with Gasteiger partial charge < -0.3 is 4.57 Å². The molecule has 0 aromatic carbocycles. The fraction of sp³-hybridized carbons (Fsp3) is 0.545. The van der Waals surface area contributed by atoms with Crippen LogP contribution < -0.4 is 0 Å². The molecule has 16 heavy (non-hydrogen) atoms. The lowest BCUT2D eigenvalue weighted by Gasteiger charge is -2.25. The van der Waals surface area contributed by atoms with Crippen molar-refractivity contribution in [1.29, 1.82) is 0 Å². The molecule has 0 fully saturated rings. The number of alkyl halides is 3. The Kier molecular flexibility index (Phi) is 3.99. The minimum atomic E-state index is -1.89. The van der Waals surface area contributed by atoms with Crippen LogP contribution in [-0.4, -0.2) is 14.1 Å². The Labute approximate surface area is 110 Å². The van der Waals surface area contributed by atoms with Crippen LogP contribution in [0.2, 0.25) is 0 Å². The Balaban J connectivity index is 3.01. The van der Waals surface area contributed by atoms with Gasteiger partial charge in [-0.15, -0.1) is 0 Å². The molecule has 0 aliphatic rings. The zero-order valence-electron chi connectivity index (χ0n) is 9.43. The summed E-state index contributed by atoms with van der Waals surface area (Å²) < 4.78 is 0.0686. The third-order valence-corrected chi connectivity index (χ3v) is 3.29. The SMILES string of the molecule is CCC(C)(C)n1ccc(C(=O)C(Cl)(Cl)Cl)c1. The topological polar surface area (TPSA) is 22.0 Å². The Morgan fingerprint density at radius 2 is 1.94 bits per heavy atom. The van der Waals surface area contributed by atoms with Gasteiger partial charge in [0, 0.05) is 23.5 Å². The molecule has 90 valence electrons. The first kappa shape index (κ1) is 13.9. The van der Waals surface area contributed by atoms with Crippen LogP contribution in [0.25, 0.3) is 0 Å². The van der Waals surface area contributed by atoms with Gasteiger partial charge in [0.1, 0.15) is 0 Å². The van der Waals surface area contributed by atoms with Gasteiger partial charge in [-0.05, 0) is 26.3 Å². The van der Waals surface area contributed by atoms with Gasteiger partial charge in [0.05, 0.1) is 0 Å². The molecule has 1 rings (SSSR count). The van der Waals surface area contributed by atoms with Crippen LogP contribution in [0.3, 0.4) is 0 Å². The minimum Gasteiger partial charge on any atom is -0.348 e. The van der Waals surface area contributed by atoms with Crippen LogP contribution in [0.4, 0.5) is 0 Å². The van der Waals surface area contributed by atoms with E-state index < -0.39 is 9.58 Å². The summed E-state index contributed by atoms with van der Waals surface area (Å²) in [5, 5.41) is 0. The lowest BCUT2D eigenvalue weighted by Crippen LogP contribution is -2.24. The van der Waals surface area contributed by atoms with Gasteiger partial charge in [0.2, 0.25) is 5.78 Å². The highest BCUT2D eigenvalue weighted by Crippen LogP contribution is 2.31. The summed E-state index contributed by atoms with van der Waals surface area (Å²) in [5.41, 5.74) is 0.369. The molecule has 2 nitrogen and oxygen atoms in total. The number of hydrogen-bond donors (Lipinski definition) is 0. The van der Waals surface area contributed by atoms with Gasteiger partial charge in [-0.2, -0.15) is 0 Å². The highest BCUT2D eigenvalue weighted by Gasteiger charge is 2.32. The molecule has 1 aromatic rings. The molecule has 5 heteroatoms. The van der Waals surface area contributed by atoms with E-state index in [9.17, 15) is 4.79 Å². The Bertz CT molecular complexity index is 390. The average Bonchev–Trinajstić information content (AvgIpc) is 2.64. The van der Waals surface area contributed by atoms with Crippen LogP contribution in [-0.2, 0) is 5.54 Å². The molecule has 0 amide bonds. The van der Waals surface area contributed by atoms with Crippen molar-refractivity contribution in [2.45, 2.75) is 36.5 Å². The molecular formula is C11H14Cl3NO. The first-order valence-electron chi connectivity index (χ1n) is 4.98.